The van der Waals surface area contributed by atoms with Gasteiger partial charge in [-0.3, -0.25) is 4.98 Å². The number of aliphatic hydroxyl groups is 1. The molecule has 0 spiro atoms. The van der Waals surface area contributed by atoms with Gasteiger partial charge >= 0.3 is 0 Å². The molecule has 0 amide bonds. The van der Waals surface area contributed by atoms with Gasteiger partial charge in [0.1, 0.15) is 5.69 Å². The van der Waals surface area contributed by atoms with Crippen molar-refractivity contribution in [1.82, 2.24) is 9.97 Å². The Bertz CT molecular complexity index is 774. The molecule has 116 valence electrons. The summed E-state index contributed by atoms with van der Waals surface area (Å²) in [5.41, 5.74) is 3.77. The first-order valence-corrected chi connectivity index (χ1v) is 7.60. The van der Waals surface area contributed by atoms with Gasteiger partial charge < -0.3 is 10.4 Å². The van der Waals surface area contributed by atoms with E-state index in [4.69, 9.17) is 0 Å². The van der Waals surface area contributed by atoms with Gasteiger partial charge in [0.05, 0.1) is 12.6 Å². The summed E-state index contributed by atoms with van der Waals surface area (Å²) in [5.74, 6) is 0.735. The van der Waals surface area contributed by atoms with Crippen molar-refractivity contribution in [2.24, 2.45) is 0 Å². The largest absolute Gasteiger partial charge is 0.392 e. The molecule has 23 heavy (non-hydrogen) atoms. The highest BCUT2D eigenvalue weighted by Crippen LogP contribution is 2.27. The molecule has 0 fully saturated rings. The summed E-state index contributed by atoms with van der Waals surface area (Å²) in [6.45, 7) is 2.11. The highest BCUT2D eigenvalue weighted by atomic mass is 16.3. The topological polar surface area (TPSA) is 58.0 Å². The monoisotopic (exact) mass is 305 g/mol. The molecule has 0 aliphatic carbocycles. The molecule has 3 aromatic rings. The average Bonchev–Trinajstić information content (AvgIpc) is 2.63. The molecule has 1 heterocycles. The van der Waals surface area contributed by atoms with E-state index in [-0.39, 0.29) is 12.6 Å². The van der Waals surface area contributed by atoms with Crippen LogP contribution in [0.25, 0.3) is 11.3 Å². The van der Waals surface area contributed by atoms with Crippen molar-refractivity contribution >= 4 is 5.82 Å². The van der Waals surface area contributed by atoms with E-state index in [0.29, 0.717) is 0 Å². The minimum absolute atomic E-state index is 0.0112. The van der Waals surface area contributed by atoms with Gasteiger partial charge in [0, 0.05) is 18.0 Å². The second-order valence-electron chi connectivity index (χ2n) is 5.39. The Labute approximate surface area is 135 Å². The summed E-state index contributed by atoms with van der Waals surface area (Å²) in [5, 5.41) is 12.7. The van der Waals surface area contributed by atoms with Gasteiger partial charge in [-0.15, -0.1) is 0 Å². The predicted molar refractivity (Wildman–Crippen MR) is 91.9 cm³/mol. The van der Waals surface area contributed by atoms with Crippen molar-refractivity contribution in [3.63, 3.8) is 0 Å². The predicted octanol–water partition coefficient (Wildman–Crippen LogP) is 3.81. The molecule has 0 saturated heterocycles. The van der Waals surface area contributed by atoms with E-state index in [0.717, 1.165) is 22.6 Å². The molecule has 0 aliphatic rings. The number of hydrogen-bond acceptors (Lipinski definition) is 4. The standard InChI is InChI=1S/C19H19N3O/c1-14(16-7-3-2-4-8-16)22-19-18(20-10-11-21-19)17-9-5-6-15(12-17)13-23/h2-12,14,23H,13H2,1H3,(H,21,22)/t14-/m1/s1. The summed E-state index contributed by atoms with van der Waals surface area (Å²) in [6, 6.07) is 18.0. The van der Waals surface area contributed by atoms with E-state index in [1.165, 1.54) is 5.56 Å². The molecule has 4 heteroatoms. The molecule has 3 rings (SSSR count). The van der Waals surface area contributed by atoms with Crippen molar-refractivity contribution in [2.75, 3.05) is 5.32 Å². The second kappa shape index (κ2) is 7.03. The van der Waals surface area contributed by atoms with Gasteiger partial charge in [-0.1, -0.05) is 48.5 Å². The van der Waals surface area contributed by atoms with Crippen molar-refractivity contribution in [1.29, 1.82) is 0 Å². The van der Waals surface area contributed by atoms with E-state index in [2.05, 4.69) is 34.3 Å². The third-order valence-electron chi connectivity index (χ3n) is 3.73. The van der Waals surface area contributed by atoms with Gasteiger partial charge in [0.25, 0.3) is 0 Å². The van der Waals surface area contributed by atoms with Crippen LogP contribution in [0.1, 0.15) is 24.1 Å². The Morgan fingerprint density at radius 1 is 1.00 bits per heavy atom. The second-order valence-corrected chi connectivity index (χ2v) is 5.39. The molecule has 1 aromatic heterocycles. The quantitative estimate of drug-likeness (QED) is 0.752. The van der Waals surface area contributed by atoms with Gasteiger partial charge in [0.2, 0.25) is 0 Å². The fraction of sp³-hybridized carbons (Fsp3) is 0.158. The van der Waals surface area contributed by atoms with Crippen LogP contribution in [-0.2, 0) is 6.61 Å². The zero-order valence-electron chi connectivity index (χ0n) is 13.0. The Morgan fingerprint density at radius 2 is 1.78 bits per heavy atom. The number of hydrogen-bond donors (Lipinski definition) is 2. The molecule has 4 nitrogen and oxygen atoms in total. The summed E-state index contributed by atoms with van der Waals surface area (Å²) >= 11 is 0. The fourth-order valence-corrected chi connectivity index (χ4v) is 2.50. The van der Waals surface area contributed by atoms with E-state index < -0.39 is 0 Å². The summed E-state index contributed by atoms with van der Waals surface area (Å²) in [7, 11) is 0. The van der Waals surface area contributed by atoms with Crippen LogP contribution in [0.2, 0.25) is 0 Å². The lowest BCUT2D eigenvalue weighted by molar-refractivity contribution is 0.282. The summed E-state index contributed by atoms with van der Waals surface area (Å²) in [4.78, 5) is 8.90. The number of aliphatic hydroxyl groups excluding tert-OH is 1. The van der Waals surface area contributed by atoms with E-state index in [9.17, 15) is 5.11 Å². The van der Waals surface area contributed by atoms with Gasteiger partial charge in [-0.2, -0.15) is 0 Å². The van der Waals surface area contributed by atoms with E-state index in [1.54, 1.807) is 12.4 Å². The smallest absolute Gasteiger partial charge is 0.153 e. The van der Waals surface area contributed by atoms with Crippen molar-refractivity contribution in [3.8, 4) is 11.3 Å². The maximum Gasteiger partial charge on any atom is 0.153 e. The Kier molecular flexibility index (Phi) is 4.64. The molecule has 2 aromatic carbocycles. The minimum Gasteiger partial charge on any atom is -0.392 e. The molecule has 0 unspecified atom stereocenters. The lowest BCUT2D eigenvalue weighted by atomic mass is 10.1. The van der Waals surface area contributed by atoms with E-state index in [1.807, 2.05) is 42.5 Å². The van der Waals surface area contributed by atoms with Crippen molar-refractivity contribution in [2.45, 2.75) is 19.6 Å². The third-order valence-corrected chi connectivity index (χ3v) is 3.73. The first kappa shape index (κ1) is 15.2. The lowest BCUT2D eigenvalue weighted by Crippen LogP contribution is -2.09. The number of rotatable bonds is 5. The van der Waals surface area contributed by atoms with Crippen LogP contribution in [0.5, 0.6) is 0 Å². The SMILES string of the molecule is C[C@@H](Nc1nccnc1-c1cccc(CO)c1)c1ccccc1. The number of nitrogens with one attached hydrogen (secondary N) is 1. The van der Waals surface area contributed by atoms with Crippen LogP contribution in [0, 0.1) is 0 Å². The summed E-state index contributed by atoms with van der Waals surface area (Å²) < 4.78 is 0. The highest BCUT2D eigenvalue weighted by molar-refractivity contribution is 5.71. The molecular formula is C19H19N3O. The Hall–Kier alpha value is -2.72. The number of anilines is 1. The zero-order chi connectivity index (χ0) is 16.1. The molecule has 2 N–H and O–H groups in total. The van der Waals surface area contributed by atoms with Crippen LogP contribution < -0.4 is 5.32 Å². The number of aromatic nitrogens is 2. The van der Waals surface area contributed by atoms with Gasteiger partial charge in [0.15, 0.2) is 5.82 Å². The molecule has 0 radical (unpaired) electrons. The fourth-order valence-electron chi connectivity index (χ4n) is 2.50. The normalized spacial score (nSPS) is 11.9. The van der Waals surface area contributed by atoms with Crippen LogP contribution in [0.15, 0.2) is 67.0 Å². The molecule has 1 atom stereocenters. The minimum atomic E-state index is 0.0112. The van der Waals surface area contributed by atoms with Crippen LogP contribution in [0.4, 0.5) is 5.82 Å². The highest BCUT2D eigenvalue weighted by Gasteiger charge is 2.12. The maximum atomic E-state index is 9.32. The van der Waals surface area contributed by atoms with Crippen LogP contribution in [-0.4, -0.2) is 15.1 Å². The maximum absolute atomic E-state index is 9.32. The molecular weight excluding hydrogens is 286 g/mol. The average molecular weight is 305 g/mol. The number of nitrogens with zero attached hydrogens (tertiary/aromatic N) is 2. The molecule has 0 aliphatic heterocycles. The molecule has 0 saturated carbocycles. The van der Waals surface area contributed by atoms with Crippen molar-refractivity contribution < 1.29 is 5.11 Å². The zero-order valence-corrected chi connectivity index (χ0v) is 13.0. The summed E-state index contributed by atoms with van der Waals surface area (Å²) in [6.07, 6.45) is 3.36. The first-order chi connectivity index (χ1) is 11.3. The van der Waals surface area contributed by atoms with Crippen LogP contribution in [0.3, 0.4) is 0 Å². The Morgan fingerprint density at radius 3 is 2.57 bits per heavy atom. The van der Waals surface area contributed by atoms with Gasteiger partial charge in [-0.25, -0.2) is 4.98 Å². The third kappa shape index (κ3) is 3.55. The number of benzene rings is 2. The first-order valence-electron chi connectivity index (χ1n) is 7.60. The lowest BCUT2D eigenvalue weighted by Gasteiger charge is -2.17. The van der Waals surface area contributed by atoms with E-state index >= 15 is 0 Å². The van der Waals surface area contributed by atoms with Crippen LogP contribution >= 0.6 is 0 Å². The van der Waals surface area contributed by atoms with Crippen molar-refractivity contribution in [3.05, 3.63) is 78.1 Å². The Balaban J connectivity index is 1.92. The molecule has 0 bridgehead atoms. The van der Waals surface area contributed by atoms with Gasteiger partial charge in [-0.05, 0) is 24.1 Å².